The number of β-amino-alcohol motifs (C(OH)–C–C–N with tert-alkyl or cyclic N) is 1. The van der Waals surface area contributed by atoms with Gasteiger partial charge in [0.15, 0.2) is 5.43 Å². The van der Waals surface area contributed by atoms with Gasteiger partial charge >= 0.3 is 6.09 Å². The van der Waals surface area contributed by atoms with Gasteiger partial charge in [0.2, 0.25) is 0 Å². The summed E-state index contributed by atoms with van der Waals surface area (Å²) in [5, 5.41) is 33.3. The van der Waals surface area contributed by atoms with Gasteiger partial charge in [0.1, 0.15) is 22.5 Å². The molecule has 3 aromatic carbocycles. The fourth-order valence-electron chi connectivity index (χ4n) is 6.69. The minimum atomic E-state index is -1.09. The number of likely N-dealkylation sites (N-methyl/N-ethyl adjacent to an activating group) is 1. The number of amides is 1. The lowest BCUT2D eigenvalue weighted by molar-refractivity contribution is 0.0631. The van der Waals surface area contributed by atoms with E-state index in [2.05, 4.69) is 0 Å². The van der Waals surface area contributed by atoms with Crippen LogP contribution in [-0.4, -0.2) is 57.5 Å². The van der Waals surface area contributed by atoms with E-state index >= 15 is 0 Å². The number of likely N-dealkylation sites (tertiary alicyclic amines) is 1. The molecule has 1 unspecified atom stereocenters. The molecule has 1 aromatic heterocycles. The predicted molar refractivity (Wildman–Crippen MR) is 161 cm³/mol. The maximum absolute atomic E-state index is 13.5. The number of piperidine rings is 1. The standard InChI is InChI=1S/C33H33ClN2O6/c1-35-14-13-23(28(39)18-35)30-20(17-36(33(40)41)25-12-6-8-19-7-2-3-9-21(19)25)15-26(37)31-27(38)16-29(42-32(30)31)22-10-4-5-11-24(22)34/h2-5,7,9-11,15-16,23,25,28,37,39H,6,8,12-14,17-18H2,1H3,(H,40,41)/t23-,25?,28+/m0/s1. The number of fused-ring (bicyclic) bond motifs is 2. The van der Waals surface area contributed by atoms with Crippen LogP contribution in [0.25, 0.3) is 22.3 Å². The van der Waals surface area contributed by atoms with E-state index < -0.39 is 23.5 Å². The monoisotopic (exact) mass is 588 g/mol. The number of benzene rings is 3. The third-order valence-corrected chi connectivity index (χ3v) is 9.03. The summed E-state index contributed by atoms with van der Waals surface area (Å²) in [6.45, 7) is 1.04. The lowest BCUT2D eigenvalue weighted by Crippen LogP contribution is -2.41. The Morgan fingerprint density at radius 1 is 1.12 bits per heavy atom. The molecule has 1 saturated heterocycles. The van der Waals surface area contributed by atoms with E-state index in [9.17, 15) is 24.9 Å². The van der Waals surface area contributed by atoms with Gasteiger partial charge < -0.3 is 24.6 Å². The van der Waals surface area contributed by atoms with Crippen LogP contribution in [0.1, 0.15) is 53.5 Å². The van der Waals surface area contributed by atoms with Crippen molar-refractivity contribution in [2.75, 3.05) is 20.1 Å². The number of hydrogen-bond donors (Lipinski definition) is 3. The van der Waals surface area contributed by atoms with Crippen molar-refractivity contribution in [3.63, 3.8) is 0 Å². The van der Waals surface area contributed by atoms with Crippen LogP contribution >= 0.6 is 11.6 Å². The summed E-state index contributed by atoms with van der Waals surface area (Å²) < 4.78 is 6.40. The third-order valence-electron chi connectivity index (χ3n) is 8.70. The molecular weight excluding hydrogens is 556 g/mol. The number of carboxylic acid groups (broad SMARTS) is 1. The normalized spacial score (nSPS) is 20.8. The summed E-state index contributed by atoms with van der Waals surface area (Å²) in [5.74, 6) is -0.507. The zero-order valence-corrected chi connectivity index (χ0v) is 24.1. The van der Waals surface area contributed by atoms with Crippen LogP contribution in [0.15, 0.2) is 69.9 Å². The number of aromatic hydroxyl groups is 1. The maximum Gasteiger partial charge on any atom is 0.408 e. The van der Waals surface area contributed by atoms with Gasteiger partial charge in [0.25, 0.3) is 0 Å². The summed E-state index contributed by atoms with van der Waals surface area (Å²) in [7, 11) is 1.93. The van der Waals surface area contributed by atoms with Gasteiger partial charge in [-0.25, -0.2) is 4.79 Å². The second kappa shape index (κ2) is 11.4. The van der Waals surface area contributed by atoms with Crippen LogP contribution in [-0.2, 0) is 13.0 Å². The molecule has 3 atom stereocenters. The Bertz CT molecular complexity index is 1720. The van der Waals surface area contributed by atoms with Crippen LogP contribution in [0, 0.1) is 0 Å². The molecule has 1 aliphatic heterocycles. The van der Waals surface area contributed by atoms with Crippen molar-refractivity contribution in [1.82, 2.24) is 9.80 Å². The highest BCUT2D eigenvalue weighted by Crippen LogP contribution is 2.42. The number of aliphatic hydroxyl groups excluding tert-OH is 1. The molecule has 0 spiro atoms. The Morgan fingerprint density at radius 3 is 2.64 bits per heavy atom. The van der Waals surface area contributed by atoms with E-state index in [1.807, 2.05) is 36.2 Å². The average molecular weight is 589 g/mol. The lowest BCUT2D eigenvalue weighted by atomic mass is 9.82. The molecular formula is C33H33ClN2O6. The molecule has 1 aliphatic carbocycles. The van der Waals surface area contributed by atoms with Gasteiger partial charge in [-0.1, -0.05) is 48.0 Å². The van der Waals surface area contributed by atoms with E-state index in [1.54, 1.807) is 24.3 Å². The van der Waals surface area contributed by atoms with Crippen molar-refractivity contribution >= 4 is 28.7 Å². The number of carbonyl (C=O) groups is 1. The molecule has 9 heteroatoms. The summed E-state index contributed by atoms with van der Waals surface area (Å²) >= 11 is 6.45. The van der Waals surface area contributed by atoms with Gasteiger partial charge in [-0.05, 0) is 74.2 Å². The number of halogens is 1. The molecule has 0 radical (unpaired) electrons. The Morgan fingerprint density at radius 2 is 1.88 bits per heavy atom. The van der Waals surface area contributed by atoms with Crippen molar-refractivity contribution < 1.29 is 24.5 Å². The van der Waals surface area contributed by atoms with Crippen LogP contribution < -0.4 is 5.43 Å². The number of phenols is 1. The van der Waals surface area contributed by atoms with Crippen molar-refractivity contribution in [3.8, 4) is 17.1 Å². The SMILES string of the molecule is CN1CC[C@H](c2c(CN(C(=O)O)C3CCCc4ccccc43)cc(O)c3c(=O)cc(-c4ccccc4Cl)oc23)[C@H](O)C1. The fraction of sp³-hybridized carbons (Fsp3) is 0.333. The third kappa shape index (κ3) is 5.15. The minimum absolute atomic E-state index is 0.000527. The van der Waals surface area contributed by atoms with Crippen molar-refractivity contribution in [1.29, 1.82) is 0 Å². The highest BCUT2D eigenvalue weighted by molar-refractivity contribution is 6.33. The van der Waals surface area contributed by atoms with Crippen LogP contribution in [0.4, 0.5) is 4.79 Å². The number of phenolic OH excluding ortho intramolecular Hbond substituents is 1. The summed E-state index contributed by atoms with van der Waals surface area (Å²) in [4.78, 5) is 29.7. The van der Waals surface area contributed by atoms with Crippen molar-refractivity contribution in [2.45, 2.75) is 50.3 Å². The van der Waals surface area contributed by atoms with Crippen LogP contribution in [0.3, 0.4) is 0 Å². The number of hydrogen-bond acceptors (Lipinski definition) is 6. The smallest absolute Gasteiger partial charge is 0.408 e. The molecule has 3 N–H and O–H groups in total. The van der Waals surface area contributed by atoms with E-state index in [0.29, 0.717) is 47.6 Å². The molecule has 1 amide bonds. The molecule has 2 aliphatic rings. The Hall–Kier alpha value is -3.85. The lowest BCUT2D eigenvalue weighted by Gasteiger charge is -2.37. The van der Waals surface area contributed by atoms with E-state index in [-0.39, 0.29) is 35.1 Å². The highest BCUT2D eigenvalue weighted by atomic mass is 35.5. The fourth-order valence-corrected chi connectivity index (χ4v) is 6.92. The van der Waals surface area contributed by atoms with E-state index in [1.165, 1.54) is 17.0 Å². The Balaban J connectivity index is 1.56. The first kappa shape index (κ1) is 28.3. The first-order valence-corrected chi connectivity index (χ1v) is 14.6. The minimum Gasteiger partial charge on any atom is -0.507 e. The number of aliphatic hydroxyl groups is 1. The molecule has 8 nitrogen and oxygen atoms in total. The Kier molecular flexibility index (Phi) is 7.70. The van der Waals surface area contributed by atoms with Gasteiger partial charge in [0, 0.05) is 29.7 Å². The van der Waals surface area contributed by atoms with E-state index in [4.69, 9.17) is 16.0 Å². The first-order chi connectivity index (χ1) is 20.2. The van der Waals surface area contributed by atoms with Crippen molar-refractivity contribution in [2.24, 2.45) is 0 Å². The molecule has 42 heavy (non-hydrogen) atoms. The molecule has 218 valence electrons. The van der Waals surface area contributed by atoms with Crippen LogP contribution in [0.5, 0.6) is 5.75 Å². The van der Waals surface area contributed by atoms with Gasteiger partial charge in [-0.2, -0.15) is 0 Å². The highest BCUT2D eigenvalue weighted by Gasteiger charge is 2.35. The molecule has 6 rings (SSSR count). The summed E-state index contributed by atoms with van der Waals surface area (Å²) in [6, 6.07) is 17.3. The van der Waals surface area contributed by atoms with Gasteiger partial charge in [-0.3, -0.25) is 9.69 Å². The molecule has 4 aromatic rings. The van der Waals surface area contributed by atoms with Crippen LogP contribution in [0.2, 0.25) is 5.02 Å². The van der Waals surface area contributed by atoms with Gasteiger partial charge in [0.05, 0.1) is 23.7 Å². The second-order valence-corrected chi connectivity index (χ2v) is 11.8. The second-order valence-electron chi connectivity index (χ2n) is 11.4. The molecule has 0 saturated carbocycles. The van der Waals surface area contributed by atoms with E-state index in [0.717, 1.165) is 24.0 Å². The Labute approximate surface area is 248 Å². The zero-order chi connectivity index (χ0) is 29.5. The predicted octanol–water partition coefficient (Wildman–Crippen LogP) is 6.16. The summed E-state index contributed by atoms with van der Waals surface area (Å²) in [5.41, 5.74) is 3.37. The number of nitrogens with zero attached hydrogens (tertiary/aromatic N) is 2. The molecule has 1 fully saturated rings. The summed E-state index contributed by atoms with van der Waals surface area (Å²) in [6.07, 6.45) is 1.09. The van der Waals surface area contributed by atoms with Crippen molar-refractivity contribution in [3.05, 3.63) is 98.2 Å². The quantitative estimate of drug-likeness (QED) is 0.256. The largest absolute Gasteiger partial charge is 0.507 e. The number of rotatable bonds is 5. The maximum atomic E-state index is 13.5. The number of aryl methyl sites for hydroxylation is 1. The molecule has 2 heterocycles. The zero-order valence-electron chi connectivity index (χ0n) is 23.3. The van der Waals surface area contributed by atoms with Gasteiger partial charge in [-0.15, -0.1) is 0 Å². The molecule has 0 bridgehead atoms. The average Bonchev–Trinajstić information content (AvgIpc) is 2.96. The topological polar surface area (TPSA) is 114 Å². The first-order valence-electron chi connectivity index (χ1n) is 14.2.